The molecule has 0 spiro atoms. The summed E-state index contributed by atoms with van der Waals surface area (Å²) in [5, 5.41) is 13.9. The Morgan fingerprint density at radius 3 is 2.61 bits per heavy atom. The van der Waals surface area contributed by atoms with Gasteiger partial charge in [0.2, 0.25) is 0 Å². The lowest BCUT2D eigenvalue weighted by Gasteiger charge is -2.15. The van der Waals surface area contributed by atoms with Gasteiger partial charge in [-0.15, -0.1) is 0 Å². The van der Waals surface area contributed by atoms with Crippen molar-refractivity contribution in [1.29, 1.82) is 5.26 Å². The number of benzene rings is 2. The normalized spacial score (nSPS) is 11.5. The molecule has 0 aliphatic carbocycles. The summed E-state index contributed by atoms with van der Waals surface area (Å²) in [4.78, 5) is 39.3. The number of aryl methyl sites for hydroxylation is 1. The number of carbonyl (C=O) groups is 2. The predicted octanol–water partition coefficient (Wildman–Crippen LogP) is 3.52. The first-order valence-electron chi connectivity index (χ1n) is 9.92. The molecule has 3 rings (SSSR count). The zero-order valence-corrected chi connectivity index (χ0v) is 17.6. The minimum Gasteiger partial charge on any atom is -0.453 e. The second-order valence-corrected chi connectivity index (χ2v) is 7.32. The van der Waals surface area contributed by atoms with Crippen LogP contribution in [0.25, 0.3) is 10.8 Å². The van der Waals surface area contributed by atoms with Gasteiger partial charge in [-0.3, -0.25) is 14.4 Å². The molecule has 1 amide bonds. The summed E-state index contributed by atoms with van der Waals surface area (Å²) in [6, 6.07) is 15.2. The summed E-state index contributed by atoms with van der Waals surface area (Å²) in [7, 11) is 0. The number of hydrogen-bond donors (Lipinski definition) is 2. The maximum atomic E-state index is 12.5. The third-order valence-corrected chi connectivity index (χ3v) is 5.22. The molecule has 0 unspecified atom stereocenters. The van der Waals surface area contributed by atoms with E-state index in [9.17, 15) is 14.4 Å². The lowest BCUT2D eigenvalue weighted by Crippen LogP contribution is -2.30. The van der Waals surface area contributed by atoms with Crippen molar-refractivity contribution in [2.24, 2.45) is 0 Å². The maximum absolute atomic E-state index is 12.5. The van der Waals surface area contributed by atoms with Gasteiger partial charge in [0.25, 0.3) is 11.5 Å². The second-order valence-electron chi connectivity index (χ2n) is 7.32. The standard InChI is InChI=1S/C24H23N3O4/c1-14-18(15(2)26-24(30)20(14)13-25)11-12-22(28)31-16(3)23(29)27-21-10-6-8-17-7-4-5-9-19(17)21/h4-10,16H,11-12H2,1-3H3,(H,26,30)(H,27,29)/t16-/m0/s1. The summed E-state index contributed by atoms with van der Waals surface area (Å²) < 4.78 is 5.29. The molecule has 0 saturated carbocycles. The van der Waals surface area contributed by atoms with E-state index >= 15 is 0 Å². The SMILES string of the molecule is Cc1[nH]c(=O)c(C#N)c(C)c1CCC(=O)O[C@@H](C)C(=O)Nc1cccc2ccccc12. The second kappa shape index (κ2) is 9.26. The average Bonchev–Trinajstić information content (AvgIpc) is 2.73. The molecule has 2 aromatic carbocycles. The molecule has 1 aromatic heterocycles. The van der Waals surface area contributed by atoms with Crippen LogP contribution in [0.15, 0.2) is 47.3 Å². The average molecular weight is 417 g/mol. The van der Waals surface area contributed by atoms with Crippen LogP contribution in [0, 0.1) is 25.2 Å². The van der Waals surface area contributed by atoms with E-state index in [1.165, 1.54) is 6.92 Å². The summed E-state index contributed by atoms with van der Waals surface area (Å²) in [5.41, 5.74) is 2.13. The van der Waals surface area contributed by atoms with E-state index in [-0.39, 0.29) is 12.0 Å². The van der Waals surface area contributed by atoms with E-state index in [2.05, 4.69) is 10.3 Å². The molecule has 0 fully saturated rings. The Morgan fingerprint density at radius 2 is 1.87 bits per heavy atom. The first-order chi connectivity index (χ1) is 14.8. The number of aromatic amines is 1. The van der Waals surface area contributed by atoms with Gasteiger partial charge in [-0.1, -0.05) is 36.4 Å². The molecule has 31 heavy (non-hydrogen) atoms. The van der Waals surface area contributed by atoms with Crippen LogP contribution in [-0.2, 0) is 20.7 Å². The molecule has 1 atom stereocenters. The number of fused-ring (bicyclic) bond motifs is 1. The number of H-pyrrole nitrogens is 1. The number of ether oxygens (including phenoxy) is 1. The fourth-order valence-electron chi connectivity index (χ4n) is 3.53. The number of esters is 1. The molecule has 0 aliphatic heterocycles. The molecule has 158 valence electrons. The smallest absolute Gasteiger partial charge is 0.306 e. The molecule has 0 radical (unpaired) electrons. The van der Waals surface area contributed by atoms with Gasteiger partial charge in [0.15, 0.2) is 6.10 Å². The van der Waals surface area contributed by atoms with Crippen molar-refractivity contribution >= 4 is 28.3 Å². The van der Waals surface area contributed by atoms with Crippen molar-refractivity contribution in [1.82, 2.24) is 4.98 Å². The number of amides is 1. The van der Waals surface area contributed by atoms with E-state index in [4.69, 9.17) is 10.00 Å². The van der Waals surface area contributed by atoms with Crippen LogP contribution in [0.2, 0.25) is 0 Å². The third-order valence-electron chi connectivity index (χ3n) is 5.22. The minimum absolute atomic E-state index is 0.0183. The highest BCUT2D eigenvalue weighted by Crippen LogP contribution is 2.23. The van der Waals surface area contributed by atoms with Gasteiger partial charge in [0, 0.05) is 23.2 Å². The highest BCUT2D eigenvalue weighted by atomic mass is 16.5. The monoisotopic (exact) mass is 417 g/mol. The fraction of sp³-hybridized carbons (Fsp3) is 0.250. The number of nitrogens with one attached hydrogen (secondary N) is 2. The number of nitriles is 1. The Hall–Kier alpha value is -3.92. The van der Waals surface area contributed by atoms with Gasteiger partial charge in [0.1, 0.15) is 11.6 Å². The van der Waals surface area contributed by atoms with Crippen molar-refractivity contribution in [3.05, 3.63) is 75.2 Å². The summed E-state index contributed by atoms with van der Waals surface area (Å²) >= 11 is 0. The first-order valence-corrected chi connectivity index (χ1v) is 9.92. The molecule has 7 nitrogen and oxygen atoms in total. The highest BCUT2D eigenvalue weighted by molar-refractivity contribution is 6.03. The Bertz CT molecular complexity index is 1250. The zero-order valence-electron chi connectivity index (χ0n) is 17.6. The van der Waals surface area contributed by atoms with E-state index in [0.717, 1.165) is 16.3 Å². The number of hydrogen-bond acceptors (Lipinski definition) is 5. The summed E-state index contributed by atoms with van der Waals surface area (Å²) in [6.45, 7) is 4.92. The molecule has 2 N–H and O–H groups in total. The Labute approximate surface area is 179 Å². The van der Waals surface area contributed by atoms with Gasteiger partial charge in [-0.2, -0.15) is 5.26 Å². The lowest BCUT2D eigenvalue weighted by molar-refractivity contribution is -0.153. The Morgan fingerprint density at radius 1 is 1.16 bits per heavy atom. The summed E-state index contributed by atoms with van der Waals surface area (Å²) in [5.74, 6) is -0.961. The van der Waals surface area contributed by atoms with Gasteiger partial charge in [-0.05, 0) is 49.8 Å². The molecule has 3 aromatic rings. The van der Waals surface area contributed by atoms with Crippen molar-refractivity contribution in [3.63, 3.8) is 0 Å². The minimum atomic E-state index is -0.973. The van der Waals surface area contributed by atoms with Crippen molar-refractivity contribution in [2.75, 3.05) is 5.32 Å². The van der Waals surface area contributed by atoms with E-state index in [0.29, 0.717) is 23.4 Å². The number of rotatable bonds is 6. The van der Waals surface area contributed by atoms with Crippen molar-refractivity contribution in [2.45, 2.75) is 39.7 Å². The maximum Gasteiger partial charge on any atom is 0.306 e. The summed E-state index contributed by atoms with van der Waals surface area (Å²) in [6.07, 6.45) is -0.664. The molecule has 0 bridgehead atoms. The molecular formula is C24H23N3O4. The molecule has 1 heterocycles. The predicted molar refractivity (Wildman–Crippen MR) is 118 cm³/mol. The van der Waals surface area contributed by atoms with Crippen LogP contribution in [0.5, 0.6) is 0 Å². The molecule has 7 heteroatoms. The molecule has 0 aliphatic rings. The van der Waals surface area contributed by atoms with E-state index in [1.807, 2.05) is 42.5 Å². The van der Waals surface area contributed by atoms with Gasteiger partial charge in [0.05, 0.1) is 0 Å². The van der Waals surface area contributed by atoms with Crippen molar-refractivity contribution in [3.8, 4) is 6.07 Å². The zero-order chi connectivity index (χ0) is 22.5. The molecular weight excluding hydrogens is 394 g/mol. The number of carbonyl (C=O) groups excluding carboxylic acids is 2. The van der Waals surface area contributed by atoms with Crippen LogP contribution in [0.3, 0.4) is 0 Å². The highest BCUT2D eigenvalue weighted by Gasteiger charge is 2.20. The van der Waals surface area contributed by atoms with Gasteiger partial charge >= 0.3 is 5.97 Å². The van der Waals surface area contributed by atoms with E-state index < -0.39 is 23.5 Å². The Balaban J connectivity index is 1.63. The third kappa shape index (κ3) is 4.81. The van der Waals surface area contributed by atoms with Crippen LogP contribution in [0.1, 0.15) is 35.7 Å². The number of anilines is 1. The van der Waals surface area contributed by atoms with Crippen LogP contribution in [-0.4, -0.2) is 23.0 Å². The molecule has 0 saturated heterocycles. The van der Waals surface area contributed by atoms with Gasteiger partial charge < -0.3 is 15.0 Å². The topological polar surface area (TPSA) is 112 Å². The fourth-order valence-corrected chi connectivity index (χ4v) is 3.53. The number of aromatic nitrogens is 1. The van der Waals surface area contributed by atoms with Crippen molar-refractivity contribution < 1.29 is 14.3 Å². The van der Waals surface area contributed by atoms with E-state index in [1.54, 1.807) is 19.9 Å². The van der Waals surface area contributed by atoms with Gasteiger partial charge in [-0.25, -0.2) is 0 Å². The lowest BCUT2D eigenvalue weighted by atomic mass is 9.99. The largest absolute Gasteiger partial charge is 0.453 e. The van der Waals surface area contributed by atoms with Crippen LogP contribution >= 0.6 is 0 Å². The number of nitrogens with zero attached hydrogens (tertiary/aromatic N) is 1. The number of pyridine rings is 1. The first kappa shape index (κ1) is 21.8. The Kier molecular flexibility index (Phi) is 6.51. The van der Waals surface area contributed by atoms with Crippen LogP contribution < -0.4 is 10.9 Å². The quantitative estimate of drug-likeness (QED) is 0.596. The van der Waals surface area contributed by atoms with Crippen LogP contribution in [0.4, 0.5) is 5.69 Å².